The van der Waals surface area contributed by atoms with Gasteiger partial charge in [0.2, 0.25) is 0 Å². The van der Waals surface area contributed by atoms with Gasteiger partial charge >= 0.3 is 0 Å². The third kappa shape index (κ3) is 0.630. The lowest BCUT2D eigenvalue weighted by Gasteiger charge is -2.11. The van der Waals surface area contributed by atoms with Crippen LogP contribution in [0.25, 0.3) is 12.0 Å². The van der Waals surface area contributed by atoms with Gasteiger partial charge in [0.05, 0.1) is 18.2 Å². The largest absolute Gasteiger partial charge is 0.494 e. The van der Waals surface area contributed by atoms with Crippen molar-refractivity contribution in [3.05, 3.63) is 22.8 Å². The zero-order valence-corrected chi connectivity index (χ0v) is 6.53. The van der Waals surface area contributed by atoms with Crippen LogP contribution in [0.4, 0.5) is 0 Å². The Bertz CT molecular complexity index is 467. The fraction of sp³-hybridized carbons (Fsp3) is 0.222. The smallest absolute Gasteiger partial charge is 0.131 e. The normalized spacial score (nSPS) is 18.2. The van der Waals surface area contributed by atoms with Gasteiger partial charge in [-0.2, -0.15) is 0 Å². The maximum Gasteiger partial charge on any atom is 0.131 e. The van der Waals surface area contributed by atoms with Crippen molar-refractivity contribution < 1.29 is 4.74 Å². The molecule has 0 radical (unpaired) electrons. The zero-order chi connectivity index (χ0) is 7.97. The highest BCUT2D eigenvalue weighted by molar-refractivity contribution is 5.68. The molecule has 0 saturated heterocycles. The lowest BCUT2D eigenvalue weighted by atomic mass is 10.3. The summed E-state index contributed by atoms with van der Waals surface area (Å²) in [5.74, 6) is 0. The van der Waals surface area contributed by atoms with E-state index < -0.39 is 0 Å². The van der Waals surface area contributed by atoms with Crippen LogP contribution in [-0.2, 0) is 11.3 Å². The van der Waals surface area contributed by atoms with E-state index in [2.05, 4.69) is 21.8 Å². The first-order chi connectivity index (χ1) is 5.95. The minimum absolute atomic E-state index is 0.605. The van der Waals surface area contributed by atoms with Crippen molar-refractivity contribution >= 4 is 18.2 Å². The van der Waals surface area contributed by atoms with Crippen molar-refractivity contribution in [2.24, 2.45) is 4.99 Å². The van der Waals surface area contributed by atoms with Crippen molar-refractivity contribution in [1.29, 1.82) is 0 Å². The molecule has 0 unspecified atom stereocenters. The predicted octanol–water partition coefficient (Wildman–Crippen LogP) is -0.551. The first kappa shape index (κ1) is 6.06. The molecule has 1 aromatic rings. The minimum atomic E-state index is 0.605. The molecule has 1 aromatic heterocycles. The van der Waals surface area contributed by atoms with Crippen molar-refractivity contribution in [2.45, 2.75) is 6.54 Å². The third-order valence-electron chi connectivity index (χ3n) is 2.22. The van der Waals surface area contributed by atoms with E-state index in [1.54, 1.807) is 6.26 Å². The zero-order valence-electron chi connectivity index (χ0n) is 6.53. The monoisotopic (exact) mass is 160 g/mol. The third-order valence-corrected chi connectivity index (χ3v) is 2.22. The lowest BCUT2D eigenvalue weighted by Crippen LogP contribution is -2.37. The summed E-state index contributed by atoms with van der Waals surface area (Å²) in [6, 6.07) is 2.06. The van der Waals surface area contributed by atoms with E-state index in [0.717, 1.165) is 17.5 Å². The molecule has 2 aliphatic heterocycles. The van der Waals surface area contributed by atoms with Crippen LogP contribution in [0.2, 0.25) is 0 Å². The molecule has 3 nitrogen and oxygen atoms in total. The first-order valence-electron chi connectivity index (χ1n) is 3.98. The maximum absolute atomic E-state index is 5.26. The maximum atomic E-state index is 5.26. The second-order valence-electron chi connectivity index (χ2n) is 2.96. The number of hydrogen-bond acceptors (Lipinski definition) is 2. The summed E-state index contributed by atoms with van der Waals surface area (Å²) in [5, 5.41) is 2.37. The molecule has 3 heterocycles. The fourth-order valence-electron chi connectivity index (χ4n) is 1.69. The van der Waals surface area contributed by atoms with Gasteiger partial charge in [0.15, 0.2) is 0 Å². The number of aliphatic imine (C=N–C) groups is 1. The fourth-order valence-corrected chi connectivity index (χ4v) is 1.69. The van der Waals surface area contributed by atoms with Crippen LogP contribution in [0.15, 0.2) is 17.3 Å². The highest BCUT2D eigenvalue weighted by atomic mass is 16.5. The standard InChI is InChI=1S/C9H8N2O/c1-3-11-4-2-10-8-6-12-5-7(1)9(8)11/h1-3,5H,4,6H2. The summed E-state index contributed by atoms with van der Waals surface area (Å²) in [6.07, 6.45) is 5.79. The Morgan fingerprint density at radius 3 is 3.50 bits per heavy atom. The van der Waals surface area contributed by atoms with Crippen LogP contribution >= 0.6 is 0 Å². The molecule has 0 amide bonds. The van der Waals surface area contributed by atoms with Gasteiger partial charge in [0.1, 0.15) is 12.3 Å². The topological polar surface area (TPSA) is 26.5 Å². The molecule has 0 aromatic carbocycles. The van der Waals surface area contributed by atoms with E-state index in [-0.39, 0.29) is 0 Å². The van der Waals surface area contributed by atoms with Crippen molar-refractivity contribution in [3.63, 3.8) is 0 Å². The number of hydrogen-bond donors (Lipinski definition) is 0. The van der Waals surface area contributed by atoms with Crippen LogP contribution in [-0.4, -0.2) is 17.4 Å². The molecule has 3 rings (SSSR count). The van der Waals surface area contributed by atoms with E-state index >= 15 is 0 Å². The molecule has 0 saturated carbocycles. The van der Waals surface area contributed by atoms with Crippen LogP contribution in [0, 0.1) is 0 Å². The summed E-state index contributed by atoms with van der Waals surface area (Å²) < 4.78 is 7.45. The molecular formula is C9H8N2O. The first-order valence-corrected chi connectivity index (χ1v) is 3.98. The van der Waals surface area contributed by atoms with E-state index in [9.17, 15) is 0 Å². The number of aromatic nitrogens is 1. The predicted molar refractivity (Wildman–Crippen MR) is 46.0 cm³/mol. The van der Waals surface area contributed by atoms with Crippen LogP contribution in [0.1, 0.15) is 0 Å². The van der Waals surface area contributed by atoms with Gasteiger partial charge in [-0.3, -0.25) is 4.99 Å². The quantitative estimate of drug-likeness (QED) is 0.500. The summed E-state index contributed by atoms with van der Waals surface area (Å²) in [4.78, 5) is 4.30. The molecule has 0 atom stereocenters. The summed E-state index contributed by atoms with van der Waals surface area (Å²) in [5.41, 5.74) is 1.05. The molecule has 0 bridgehead atoms. The molecule has 3 heteroatoms. The number of nitrogens with zero attached hydrogens (tertiary/aromatic N) is 2. The molecule has 0 N–H and O–H groups in total. The van der Waals surface area contributed by atoms with Crippen LogP contribution in [0.5, 0.6) is 0 Å². The van der Waals surface area contributed by atoms with Gasteiger partial charge in [-0.05, 0) is 6.07 Å². The summed E-state index contributed by atoms with van der Waals surface area (Å²) in [6.45, 7) is 1.49. The Kier molecular flexibility index (Phi) is 1.01. The number of rotatable bonds is 0. The van der Waals surface area contributed by atoms with Crippen molar-refractivity contribution in [1.82, 2.24) is 4.57 Å². The molecule has 2 aliphatic rings. The lowest BCUT2D eigenvalue weighted by molar-refractivity contribution is 0.337. The minimum Gasteiger partial charge on any atom is -0.494 e. The van der Waals surface area contributed by atoms with Crippen molar-refractivity contribution in [2.75, 3.05) is 6.61 Å². The summed E-state index contributed by atoms with van der Waals surface area (Å²) >= 11 is 0. The second kappa shape index (κ2) is 2.00. The van der Waals surface area contributed by atoms with Gasteiger partial charge < -0.3 is 9.30 Å². The van der Waals surface area contributed by atoms with Gasteiger partial charge in [0, 0.05) is 17.6 Å². The van der Waals surface area contributed by atoms with E-state index in [1.165, 1.54) is 5.35 Å². The van der Waals surface area contributed by atoms with Crippen molar-refractivity contribution in [3.8, 4) is 0 Å². The Balaban J connectivity index is 2.56. The molecule has 60 valence electrons. The highest BCUT2D eigenvalue weighted by Crippen LogP contribution is 2.02. The van der Waals surface area contributed by atoms with E-state index in [4.69, 9.17) is 4.74 Å². The Morgan fingerprint density at radius 1 is 1.50 bits per heavy atom. The Morgan fingerprint density at radius 2 is 2.50 bits per heavy atom. The van der Waals surface area contributed by atoms with E-state index in [0.29, 0.717) is 6.61 Å². The second-order valence-corrected chi connectivity index (χ2v) is 2.96. The Labute approximate surface area is 69.3 Å². The molecule has 0 spiro atoms. The summed E-state index contributed by atoms with van der Waals surface area (Å²) in [7, 11) is 0. The van der Waals surface area contributed by atoms with Crippen LogP contribution in [0.3, 0.4) is 0 Å². The average Bonchev–Trinajstić information content (AvgIpc) is 2.52. The van der Waals surface area contributed by atoms with Gasteiger partial charge in [-0.15, -0.1) is 0 Å². The number of ether oxygens (including phenoxy) is 1. The van der Waals surface area contributed by atoms with Gasteiger partial charge in [-0.1, -0.05) is 0 Å². The average molecular weight is 160 g/mol. The Hall–Kier alpha value is -1.51. The van der Waals surface area contributed by atoms with Gasteiger partial charge in [-0.25, -0.2) is 0 Å². The van der Waals surface area contributed by atoms with Crippen LogP contribution < -0.4 is 10.6 Å². The highest BCUT2D eigenvalue weighted by Gasteiger charge is 2.10. The van der Waals surface area contributed by atoms with E-state index in [1.807, 2.05) is 6.21 Å². The SMILES string of the molecule is C1=NC2=c3c(ccn3C1)=COC2. The van der Waals surface area contributed by atoms with Gasteiger partial charge in [0.25, 0.3) is 0 Å². The molecule has 0 aliphatic carbocycles. The molecular weight excluding hydrogens is 152 g/mol. The molecule has 12 heavy (non-hydrogen) atoms. The molecule has 0 fully saturated rings.